The topological polar surface area (TPSA) is 48.1 Å². The fraction of sp³-hybridized carbons (Fsp3) is 0.154. The van der Waals surface area contributed by atoms with Crippen molar-refractivity contribution in [3.8, 4) is 5.75 Å². The number of pyridine rings is 1. The van der Waals surface area contributed by atoms with E-state index in [-0.39, 0.29) is 6.04 Å². The number of nitrogens with zero attached hydrogens (tertiary/aromatic N) is 1. The molecule has 0 aliphatic heterocycles. The molecule has 1 aromatic carbocycles. The van der Waals surface area contributed by atoms with Crippen molar-refractivity contribution in [3.63, 3.8) is 0 Å². The van der Waals surface area contributed by atoms with E-state index in [1.165, 1.54) is 0 Å². The smallest absolute Gasteiger partial charge is 0.137 e. The van der Waals surface area contributed by atoms with Gasteiger partial charge in [-0.3, -0.25) is 4.98 Å². The molecular formula is C13H12BrClN2O. The van der Waals surface area contributed by atoms with Crippen molar-refractivity contribution < 1.29 is 4.74 Å². The van der Waals surface area contributed by atoms with Gasteiger partial charge in [-0.05, 0) is 45.3 Å². The number of rotatable bonds is 3. The summed E-state index contributed by atoms with van der Waals surface area (Å²) in [6, 6.07) is 7.24. The van der Waals surface area contributed by atoms with Crippen LogP contribution in [0.3, 0.4) is 0 Å². The fourth-order valence-electron chi connectivity index (χ4n) is 1.62. The number of ether oxygens (including phenoxy) is 1. The maximum atomic E-state index is 6.19. The quantitative estimate of drug-likeness (QED) is 0.938. The highest BCUT2D eigenvalue weighted by Crippen LogP contribution is 2.28. The van der Waals surface area contributed by atoms with Crippen molar-refractivity contribution in [2.75, 3.05) is 7.11 Å². The van der Waals surface area contributed by atoms with Crippen molar-refractivity contribution in [2.45, 2.75) is 6.04 Å². The molecule has 3 nitrogen and oxygen atoms in total. The maximum Gasteiger partial charge on any atom is 0.137 e. The van der Waals surface area contributed by atoms with Crippen LogP contribution in [0.1, 0.15) is 17.2 Å². The summed E-state index contributed by atoms with van der Waals surface area (Å²) in [7, 11) is 1.60. The van der Waals surface area contributed by atoms with Gasteiger partial charge in [-0.15, -0.1) is 0 Å². The second kappa shape index (κ2) is 5.69. The molecule has 2 rings (SSSR count). The summed E-state index contributed by atoms with van der Waals surface area (Å²) in [5, 5.41) is 0.638. The van der Waals surface area contributed by atoms with Crippen LogP contribution < -0.4 is 10.5 Å². The Morgan fingerprint density at radius 3 is 2.72 bits per heavy atom. The second-order valence-electron chi connectivity index (χ2n) is 3.81. The monoisotopic (exact) mass is 326 g/mol. The first-order chi connectivity index (χ1) is 8.61. The third-order valence-corrected chi connectivity index (χ3v) is 3.86. The van der Waals surface area contributed by atoms with Crippen molar-refractivity contribution in [2.24, 2.45) is 5.73 Å². The van der Waals surface area contributed by atoms with E-state index in [0.29, 0.717) is 10.8 Å². The second-order valence-corrected chi connectivity index (χ2v) is 5.07. The molecular weight excluding hydrogens is 316 g/mol. The van der Waals surface area contributed by atoms with Crippen LogP contribution in [-0.2, 0) is 0 Å². The van der Waals surface area contributed by atoms with Gasteiger partial charge in [0.2, 0.25) is 0 Å². The summed E-state index contributed by atoms with van der Waals surface area (Å²) in [6.45, 7) is 0. The Morgan fingerprint density at radius 2 is 2.06 bits per heavy atom. The zero-order chi connectivity index (χ0) is 13.1. The summed E-state index contributed by atoms with van der Waals surface area (Å²) in [6.07, 6.45) is 3.37. The van der Waals surface area contributed by atoms with Crippen LogP contribution in [0.5, 0.6) is 5.75 Å². The summed E-state index contributed by atoms with van der Waals surface area (Å²) in [5.74, 6) is 0.686. The Kier molecular flexibility index (Phi) is 4.22. The highest BCUT2D eigenvalue weighted by Gasteiger charge is 2.11. The number of benzene rings is 1. The minimum absolute atomic E-state index is 0.279. The zero-order valence-electron chi connectivity index (χ0n) is 9.73. The van der Waals surface area contributed by atoms with Crippen LogP contribution in [0.4, 0.5) is 0 Å². The summed E-state index contributed by atoms with van der Waals surface area (Å²) >= 11 is 9.41. The lowest BCUT2D eigenvalue weighted by molar-refractivity contribution is 0.412. The molecule has 1 unspecified atom stereocenters. The van der Waals surface area contributed by atoms with Gasteiger partial charge < -0.3 is 10.5 Å². The molecule has 0 aliphatic carbocycles. The van der Waals surface area contributed by atoms with E-state index in [4.69, 9.17) is 22.1 Å². The summed E-state index contributed by atoms with van der Waals surface area (Å²) < 4.78 is 5.98. The van der Waals surface area contributed by atoms with E-state index in [0.717, 1.165) is 15.6 Å². The van der Waals surface area contributed by atoms with E-state index < -0.39 is 0 Å². The van der Waals surface area contributed by atoms with Crippen molar-refractivity contribution >= 4 is 27.5 Å². The number of nitrogens with two attached hydrogens (primary N) is 1. The molecule has 1 aromatic heterocycles. The van der Waals surface area contributed by atoms with Crippen LogP contribution in [0.15, 0.2) is 41.1 Å². The SMILES string of the molecule is COc1cncc(C(N)c2ccc(Br)c(Cl)c2)c1. The lowest BCUT2D eigenvalue weighted by Crippen LogP contribution is -2.12. The largest absolute Gasteiger partial charge is 0.495 e. The molecule has 0 radical (unpaired) electrons. The highest BCUT2D eigenvalue weighted by molar-refractivity contribution is 9.10. The lowest BCUT2D eigenvalue weighted by atomic mass is 10.0. The van der Waals surface area contributed by atoms with Crippen molar-refractivity contribution in [3.05, 3.63) is 57.3 Å². The highest BCUT2D eigenvalue weighted by atomic mass is 79.9. The van der Waals surface area contributed by atoms with Crippen LogP contribution in [0, 0.1) is 0 Å². The Bertz CT molecular complexity index is 562. The first-order valence-electron chi connectivity index (χ1n) is 5.31. The number of aromatic nitrogens is 1. The van der Waals surface area contributed by atoms with Gasteiger partial charge in [-0.2, -0.15) is 0 Å². The number of halogens is 2. The minimum atomic E-state index is -0.279. The van der Waals surface area contributed by atoms with Crippen LogP contribution >= 0.6 is 27.5 Å². The molecule has 0 fully saturated rings. The van der Waals surface area contributed by atoms with Crippen LogP contribution in [0.2, 0.25) is 5.02 Å². The van der Waals surface area contributed by atoms with Crippen LogP contribution in [0.25, 0.3) is 0 Å². The molecule has 2 N–H and O–H groups in total. The molecule has 0 saturated carbocycles. The molecule has 0 amide bonds. The molecule has 0 spiro atoms. The molecule has 0 aliphatic rings. The summed E-state index contributed by atoms with van der Waals surface area (Å²) in [4.78, 5) is 4.09. The third kappa shape index (κ3) is 2.83. The summed E-state index contributed by atoms with van der Waals surface area (Å²) in [5.41, 5.74) is 8.00. The standard InChI is InChI=1S/C13H12BrClN2O/c1-18-10-4-9(6-17-7-10)13(16)8-2-3-11(14)12(15)5-8/h2-7,13H,16H2,1H3. The van der Waals surface area contributed by atoms with Gasteiger partial charge in [0, 0.05) is 10.7 Å². The van der Waals surface area contributed by atoms with Gasteiger partial charge in [-0.25, -0.2) is 0 Å². The molecule has 94 valence electrons. The van der Waals surface area contributed by atoms with Gasteiger partial charge >= 0.3 is 0 Å². The predicted molar refractivity (Wildman–Crippen MR) is 76.0 cm³/mol. The van der Waals surface area contributed by atoms with E-state index in [2.05, 4.69) is 20.9 Å². The molecule has 0 bridgehead atoms. The third-order valence-electron chi connectivity index (χ3n) is 2.63. The minimum Gasteiger partial charge on any atom is -0.495 e. The Morgan fingerprint density at radius 1 is 1.28 bits per heavy atom. The molecule has 0 saturated heterocycles. The van der Waals surface area contributed by atoms with Gasteiger partial charge in [0.1, 0.15) is 5.75 Å². The molecule has 1 atom stereocenters. The maximum absolute atomic E-state index is 6.19. The normalized spacial score (nSPS) is 12.2. The van der Waals surface area contributed by atoms with Crippen LogP contribution in [-0.4, -0.2) is 12.1 Å². The zero-order valence-corrected chi connectivity index (χ0v) is 12.1. The van der Waals surface area contributed by atoms with Gasteiger partial charge in [0.25, 0.3) is 0 Å². The Balaban J connectivity index is 2.34. The molecule has 2 aromatic rings. The molecule has 18 heavy (non-hydrogen) atoms. The van der Waals surface area contributed by atoms with E-state index in [1.807, 2.05) is 24.3 Å². The van der Waals surface area contributed by atoms with E-state index in [1.54, 1.807) is 19.5 Å². The van der Waals surface area contributed by atoms with Crippen molar-refractivity contribution in [1.82, 2.24) is 4.98 Å². The Labute approximate surface area is 119 Å². The number of hydrogen-bond donors (Lipinski definition) is 1. The lowest BCUT2D eigenvalue weighted by Gasteiger charge is -2.13. The number of methoxy groups -OCH3 is 1. The first-order valence-corrected chi connectivity index (χ1v) is 6.48. The van der Waals surface area contributed by atoms with Gasteiger partial charge in [-0.1, -0.05) is 17.7 Å². The number of hydrogen-bond acceptors (Lipinski definition) is 3. The average molecular weight is 328 g/mol. The van der Waals surface area contributed by atoms with E-state index >= 15 is 0 Å². The fourth-order valence-corrected chi connectivity index (χ4v) is 2.05. The van der Waals surface area contributed by atoms with E-state index in [9.17, 15) is 0 Å². The molecule has 1 heterocycles. The van der Waals surface area contributed by atoms with Crippen molar-refractivity contribution in [1.29, 1.82) is 0 Å². The first kappa shape index (κ1) is 13.3. The predicted octanol–water partition coefficient (Wildman–Crippen LogP) is 3.55. The Hall–Kier alpha value is -1.10. The average Bonchev–Trinajstić information content (AvgIpc) is 2.41. The van der Waals surface area contributed by atoms with Gasteiger partial charge in [0.05, 0.1) is 24.4 Å². The van der Waals surface area contributed by atoms with Gasteiger partial charge in [0.15, 0.2) is 0 Å². The molecule has 5 heteroatoms.